The number of carbonyl (C=O) groups excluding carboxylic acids is 1. The Morgan fingerprint density at radius 2 is 1.15 bits per heavy atom. The van der Waals surface area contributed by atoms with Gasteiger partial charge in [0.05, 0.1) is 39.9 Å². The van der Waals surface area contributed by atoms with Crippen LogP contribution in [-0.2, 0) is 18.4 Å². The number of hydrogen-bond donors (Lipinski definition) is 2. The van der Waals surface area contributed by atoms with Crippen LogP contribution in [0.2, 0.25) is 0 Å². The SMILES string of the molecule is CC/C=C\C/C=C\C/C=C\C/C=C\C/C=C\CCCCCC(=O)NC(COP(=O)([O-])OCC[N+](C)(C)C)C(O)/C=C/CCCCCCCCCCCC. The van der Waals surface area contributed by atoms with Crippen molar-refractivity contribution in [2.24, 2.45) is 0 Å². The van der Waals surface area contributed by atoms with Crippen LogP contribution in [0, 0.1) is 0 Å². The van der Waals surface area contributed by atoms with E-state index in [4.69, 9.17) is 9.05 Å². The summed E-state index contributed by atoms with van der Waals surface area (Å²) in [5.41, 5.74) is 0. The molecule has 3 unspecified atom stereocenters. The molecule has 2 N–H and O–H groups in total. The van der Waals surface area contributed by atoms with Gasteiger partial charge in [-0.15, -0.1) is 0 Å². The summed E-state index contributed by atoms with van der Waals surface area (Å²) >= 11 is 0. The van der Waals surface area contributed by atoms with Gasteiger partial charge in [0.2, 0.25) is 5.91 Å². The molecule has 0 rings (SSSR count). The summed E-state index contributed by atoms with van der Waals surface area (Å²) in [6.07, 6.45) is 46.6. The Bertz CT molecular complexity index is 1090. The topological polar surface area (TPSA) is 108 Å². The molecule has 0 aliphatic heterocycles. The molecule has 0 aromatic heterocycles. The number of likely N-dealkylation sites (N-methyl/N-ethyl adjacent to an activating group) is 1. The van der Waals surface area contributed by atoms with Crippen LogP contribution in [0.5, 0.6) is 0 Å². The molecule has 3 atom stereocenters. The molecule has 0 aromatic rings. The fourth-order valence-electron chi connectivity index (χ4n) is 5.35. The molecule has 0 saturated carbocycles. The maximum Gasteiger partial charge on any atom is 0.268 e. The predicted octanol–water partition coefficient (Wildman–Crippen LogP) is 10.6. The summed E-state index contributed by atoms with van der Waals surface area (Å²) in [6, 6.07) is -0.906. The van der Waals surface area contributed by atoms with Crippen molar-refractivity contribution in [3.8, 4) is 0 Å². The molecule has 0 aliphatic rings. The zero-order valence-electron chi connectivity index (χ0n) is 34.4. The number of rotatable bonds is 36. The van der Waals surface area contributed by atoms with Crippen LogP contribution >= 0.6 is 7.82 Å². The molecular weight excluding hydrogens is 683 g/mol. The van der Waals surface area contributed by atoms with E-state index in [1.807, 2.05) is 27.2 Å². The third-order valence-corrected chi connectivity index (χ3v) is 9.64. The molecule has 0 aromatic carbocycles. The summed E-state index contributed by atoms with van der Waals surface area (Å²) in [6.45, 7) is 4.46. The van der Waals surface area contributed by atoms with Crippen molar-refractivity contribution in [3.05, 3.63) is 72.9 Å². The van der Waals surface area contributed by atoms with E-state index < -0.39 is 26.6 Å². The number of aliphatic hydroxyl groups excluding tert-OH is 1. The van der Waals surface area contributed by atoms with E-state index in [0.29, 0.717) is 23.9 Å². The molecule has 0 aliphatic carbocycles. The number of carbonyl (C=O) groups is 1. The van der Waals surface area contributed by atoms with Crippen molar-refractivity contribution in [3.63, 3.8) is 0 Å². The van der Waals surface area contributed by atoms with Crippen LogP contribution in [0.4, 0.5) is 0 Å². The fraction of sp³-hybridized carbons (Fsp3) is 0.705. The van der Waals surface area contributed by atoms with Crippen LogP contribution in [-0.4, -0.2) is 68.5 Å². The number of amides is 1. The number of allylic oxidation sites excluding steroid dienone is 11. The molecule has 8 nitrogen and oxygen atoms in total. The maximum absolute atomic E-state index is 12.8. The van der Waals surface area contributed by atoms with Gasteiger partial charge in [-0.1, -0.05) is 151 Å². The van der Waals surface area contributed by atoms with E-state index in [9.17, 15) is 19.4 Å². The number of nitrogens with one attached hydrogen (secondary N) is 1. The van der Waals surface area contributed by atoms with E-state index >= 15 is 0 Å². The lowest BCUT2D eigenvalue weighted by Crippen LogP contribution is -2.45. The molecule has 1 amide bonds. The Labute approximate surface area is 325 Å². The van der Waals surface area contributed by atoms with Gasteiger partial charge in [-0.25, -0.2) is 0 Å². The maximum atomic E-state index is 12.8. The van der Waals surface area contributed by atoms with Crippen LogP contribution in [0.1, 0.15) is 149 Å². The van der Waals surface area contributed by atoms with E-state index in [2.05, 4.69) is 79.9 Å². The Kier molecular flexibility index (Phi) is 34.2. The van der Waals surface area contributed by atoms with Crippen LogP contribution in [0.3, 0.4) is 0 Å². The second-order valence-corrected chi connectivity index (χ2v) is 16.4. The first kappa shape index (κ1) is 50.9. The highest BCUT2D eigenvalue weighted by molar-refractivity contribution is 7.45. The fourth-order valence-corrected chi connectivity index (χ4v) is 6.08. The molecule has 0 heterocycles. The summed E-state index contributed by atoms with van der Waals surface area (Å²) in [4.78, 5) is 25.2. The summed E-state index contributed by atoms with van der Waals surface area (Å²) in [5, 5.41) is 13.7. The molecule has 0 spiro atoms. The first-order valence-corrected chi connectivity index (χ1v) is 22.3. The first-order chi connectivity index (χ1) is 25.5. The Balaban J connectivity index is 4.54. The van der Waals surface area contributed by atoms with Gasteiger partial charge in [-0.2, -0.15) is 0 Å². The monoisotopic (exact) mass is 763 g/mol. The van der Waals surface area contributed by atoms with Crippen molar-refractivity contribution in [1.29, 1.82) is 0 Å². The quantitative estimate of drug-likeness (QED) is 0.0285. The number of phosphoric acid groups is 1. The van der Waals surface area contributed by atoms with Gasteiger partial charge in [0, 0.05) is 6.42 Å². The second-order valence-electron chi connectivity index (χ2n) is 15.0. The van der Waals surface area contributed by atoms with Gasteiger partial charge in [0.25, 0.3) is 7.82 Å². The first-order valence-electron chi connectivity index (χ1n) is 20.8. The number of nitrogens with zero attached hydrogens (tertiary/aromatic N) is 1. The van der Waals surface area contributed by atoms with Crippen LogP contribution < -0.4 is 10.2 Å². The van der Waals surface area contributed by atoms with Gasteiger partial charge in [-0.05, 0) is 64.2 Å². The van der Waals surface area contributed by atoms with Crippen LogP contribution in [0.25, 0.3) is 0 Å². The molecule has 0 fully saturated rings. The van der Waals surface area contributed by atoms with Gasteiger partial charge in [-0.3, -0.25) is 9.36 Å². The van der Waals surface area contributed by atoms with Crippen molar-refractivity contribution >= 4 is 13.7 Å². The van der Waals surface area contributed by atoms with Gasteiger partial charge < -0.3 is 28.8 Å². The zero-order valence-corrected chi connectivity index (χ0v) is 35.3. The third-order valence-electron chi connectivity index (χ3n) is 8.67. The Morgan fingerprint density at radius 1 is 0.679 bits per heavy atom. The normalized spacial score (nSPS) is 15.2. The second kappa shape index (κ2) is 35.6. The van der Waals surface area contributed by atoms with E-state index in [1.165, 1.54) is 51.4 Å². The highest BCUT2D eigenvalue weighted by Crippen LogP contribution is 2.38. The van der Waals surface area contributed by atoms with Gasteiger partial charge in [0.15, 0.2) is 0 Å². The standard InChI is InChI=1S/C44H79N2O6P/c1-6-8-10-12-14-16-18-20-21-22-23-24-25-26-28-30-32-34-36-38-44(48)45-42(41-52-53(49,50)51-40-39-46(3,4)5)43(47)37-35-33-31-29-27-19-17-15-13-11-9-7-2/h8,10,14,16,20-21,23-24,26,28,35,37,42-43,47H,6-7,9,11-13,15,17-19,22,25,27,29-34,36,38-41H2,1-5H3,(H-,45,48,49,50)/b10-8-,16-14-,21-20-,24-23-,28-26-,37-35+. The number of hydrogen-bond acceptors (Lipinski definition) is 6. The average Bonchev–Trinajstić information content (AvgIpc) is 3.10. The van der Waals surface area contributed by atoms with Crippen molar-refractivity contribution in [1.82, 2.24) is 5.32 Å². The Morgan fingerprint density at radius 3 is 1.68 bits per heavy atom. The lowest BCUT2D eigenvalue weighted by Gasteiger charge is -2.29. The highest BCUT2D eigenvalue weighted by atomic mass is 31.2. The number of aliphatic hydroxyl groups is 1. The van der Waals surface area contributed by atoms with Crippen LogP contribution in [0.15, 0.2) is 72.9 Å². The molecule has 53 heavy (non-hydrogen) atoms. The zero-order chi connectivity index (χ0) is 39.3. The highest BCUT2D eigenvalue weighted by Gasteiger charge is 2.23. The lowest BCUT2D eigenvalue weighted by molar-refractivity contribution is -0.870. The summed E-state index contributed by atoms with van der Waals surface area (Å²) in [7, 11) is 1.22. The largest absolute Gasteiger partial charge is 0.756 e. The minimum atomic E-state index is -4.60. The number of phosphoric ester groups is 1. The molecule has 9 heteroatoms. The van der Waals surface area contributed by atoms with Gasteiger partial charge >= 0.3 is 0 Å². The Hall–Kier alpha value is -2.06. The predicted molar refractivity (Wildman–Crippen MR) is 223 cm³/mol. The molecule has 0 bridgehead atoms. The average molecular weight is 763 g/mol. The summed E-state index contributed by atoms with van der Waals surface area (Å²) < 4.78 is 23.1. The molecular formula is C44H79N2O6P. The minimum Gasteiger partial charge on any atom is -0.756 e. The number of quaternary nitrogens is 1. The van der Waals surface area contributed by atoms with Gasteiger partial charge in [0.1, 0.15) is 13.2 Å². The van der Waals surface area contributed by atoms with Crippen molar-refractivity contribution in [2.75, 3.05) is 40.9 Å². The molecule has 0 radical (unpaired) electrons. The lowest BCUT2D eigenvalue weighted by atomic mass is 10.1. The van der Waals surface area contributed by atoms with Crippen molar-refractivity contribution < 1.29 is 32.9 Å². The molecule has 0 saturated heterocycles. The van der Waals surface area contributed by atoms with Crippen molar-refractivity contribution in [2.45, 2.75) is 161 Å². The van der Waals surface area contributed by atoms with E-state index in [0.717, 1.165) is 70.6 Å². The van der Waals surface area contributed by atoms with E-state index in [-0.39, 0.29) is 12.5 Å². The number of unbranched alkanes of at least 4 members (excludes halogenated alkanes) is 13. The molecule has 306 valence electrons. The minimum absolute atomic E-state index is 0.0117. The smallest absolute Gasteiger partial charge is 0.268 e. The van der Waals surface area contributed by atoms with E-state index in [1.54, 1.807) is 6.08 Å². The third kappa shape index (κ3) is 38.0. The summed E-state index contributed by atoms with van der Waals surface area (Å²) in [5.74, 6) is -0.234.